The van der Waals surface area contributed by atoms with Crippen LogP contribution in [-0.4, -0.2) is 0 Å². The summed E-state index contributed by atoms with van der Waals surface area (Å²) in [4.78, 5) is 0. The Balaban J connectivity index is 1.00. The van der Waals surface area contributed by atoms with E-state index < -0.39 is 0 Å². The van der Waals surface area contributed by atoms with Gasteiger partial charge in [0.15, 0.2) is 0 Å². The van der Waals surface area contributed by atoms with E-state index in [4.69, 9.17) is 0 Å². The molecule has 0 bridgehead atoms. The predicted molar refractivity (Wildman–Crippen MR) is 259 cm³/mol. The zero-order valence-corrected chi connectivity index (χ0v) is 33.1. The molecule has 0 saturated heterocycles. The molecule has 0 atom stereocenters. The minimum atomic E-state index is 1.16. The topological polar surface area (TPSA) is 0 Å². The van der Waals surface area contributed by atoms with Crippen molar-refractivity contribution >= 4 is 55.2 Å². The number of benzene rings is 11. The molecule has 0 aliphatic rings. The van der Waals surface area contributed by atoms with Gasteiger partial charge in [0.25, 0.3) is 0 Å². The van der Waals surface area contributed by atoms with Gasteiger partial charge in [-0.3, -0.25) is 0 Å². The van der Waals surface area contributed by atoms with Crippen molar-refractivity contribution in [3.8, 4) is 55.6 Å². The van der Waals surface area contributed by atoms with Crippen molar-refractivity contribution in [3.05, 3.63) is 242 Å². The summed E-state index contributed by atoms with van der Waals surface area (Å²) in [6.45, 7) is 0. The highest BCUT2D eigenvalue weighted by Gasteiger charge is 2.18. The van der Waals surface area contributed by atoms with Gasteiger partial charge in [-0.1, -0.05) is 224 Å². The summed E-state index contributed by atoms with van der Waals surface area (Å²) in [6.07, 6.45) is 4.50. The maximum absolute atomic E-state index is 2.37. The standard InChI is InChI=1S/C60H40/c1-3-16-42(17-4-1)47-38-48(43-18-5-2-6-19-43)40-49(39-47)60-57-27-13-11-25-55(57)59(56-26-12-14-28-58(56)60)46-34-31-41(32-35-46)30-33-45-36-37-54(52-24-10-9-23-51(45)52)53-29-15-21-44-20-7-8-22-50(44)53/h1-40H/b33-30+. The molecule has 0 aliphatic carbocycles. The molecule has 11 aromatic rings. The van der Waals surface area contributed by atoms with Gasteiger partial charge >= 0.3 is 0 Å². The fraction of sp³-hybridized carbons (Fsp3) is 0. The molecule has 0 saturated carbocycles. The van der Waals surface area contributed by atoms with E-state index in [1.54, 1.807) is 0 Å². The van der Waals surface area contributed by atoms with Crippen molar-refractivity contribution in [2.24, 2.45) is 0 Å². The molecule has 0 unspecified atom stereocenters. The van der Waals surface area contributed by atoms with Gasteiger partial charge in [0, 0.05) is 0 Å². The average Bonchev–Trinajstić information content (AvgIpc) is 3.33. The first-order chi connectivity index (χ1) is 29.8. The Morgan fingerprint density at radius 3 is 1.28 bits per heavy atom. The summed E-state index contributed by atoms with van der Waals surface area (Å²) in [5.74, 6) is 0. The monoisotopic (exact) mass is 760 g/mol. The molecule has 0 radical (unpaired) electrons. The Morgan fingerprint density at radius 2 is 0.683 bits per heavy atom. The van der Waals surface area contributed by atoms with Gasteiger partial charge in [-0.15, -0.1) is 0 Å². The second-order valence-electron chi connectivity index (χ2n) is 15.6. The molecular formula is C60H40. The third-order valence-corrected chi connectivity index (χ3v) is 12.1. The number of rotatable bonds is 7. The number of hydrogen-bond donors (Lipinski definition) is 0. The van der Waals surface area contributed by atoms with Crippen molar-refractivity contribution in [1.82, 2.24) is 0 Å². The summed E-state index contributed by atoms with van der Waals surface area (Å²) in [6, 6.07) is 84.1. The van der Waals surface area contributed by atoms with E-state index in [0.29, 0.717) is 0 Å². The zero-order chi connectivity index (χ0) is 39.8. The van der Waals surface area contributed by atoms with Crippen molar-refractivity contribution < 1.29 is 0 Å². The van der Waals surface area contributed by atoms with Crippen LogP contribution in [0.15, 0.2) is 231 Å². The molecule has 0 aromatic heterocycles. The lowest BCUT2D eigenvalue weighted by molar-refractivity contribution is 1.58. The van der Waals surface area contributed by atoms with Crippen LogP contribution in [0, 0.1) is 0 Å². The lowest BCUT2D eigenvalue weighted by Crippen LogP contribution is -1.92. The highest BCUT2D eigenvalue weighted by atomic mass is 14.2. The SMILES string of the molecule is C(=C\c1ccc(-c2cccc3ccccc23)c2ccccc12)/c1ccc(-c2c3ccccc3c(-c3cc(-c4ccccc4)cc(-c4ccccc4)c3)c3ccccc23)cc1. The fourth-order valence-electron chi connectivity index (χ4n) is 9.23. The van der Waals surface area contributed by atoms with E-state index >= 15 is 0 Å². The van der Waals surface area contributed by atoms with Gasteiger partial charge in [0.05, 0.1) is 0 Å². The van der Waals surface area contributed by atoms with Gasteiger partial charge in [0.1, 0.15) is 0 Å². The van der Waals surface area contributed by atoms with E-state index in [1.807, 2.05) is 0 Å². The van der Waals surface area contributed by atoms with Gasteiger partial charge in [-0.25, -0.2) is 0 Å². The second kappa shape index (κ2) is 15.2. The molecule has 0 nitrogen and oxygen atoms in total. The first-order valence-corrected chi connectivity index (χ1v) is 20.7. The molecule has 11 rings (SSSR count). The Hall–Kier alpha value is -7.80. The molecule has 11 aromatic carbocycles. The molecule has 60 heavy (non-hydrogen) atoms. The van der Waals surface area contributed by atoms with Crippen LogP contribution in [0.2, 0.25) is 0 Å². The van der Waals surface area contributed by atoms with Crippen molar-refractivity contribution in [1.29, 1.82) is 0 Å². The van der Waals surface area contributed by atoms with Crippen LogP contribution >= 0.6 is 0 Å². The molecule has 0 N–H and O–H groups in total. The number of fused-ring (bicyclic) bond motifs is 4. The summed E-state index contributed by atoms with van der Waals surface area (Å²) >= 11 is 0. The van der Waals surface area contributed by atoms with E-state index in [0.717, 1.165) is 5.56 Å². The Bertz CT molecular complexity index is 3270. The van der Waals surface area contributed by atoms with Crippen LogP contribution in [-0.2, 0) is 0 Å². The quantitative estimate of drug-likeness (QED) is 0.112. The van der Waals surface area contributed by atoms with Crippen LogP contribution in [0.1, 0.15) is 11.1 Å². The van der Waals surface area contributed by atoms with E-state index in [-0.39, 0.29) is 0 Å². The smallest absolute Gasteiger partial charge is 0.00259 e. The van der Waals surface area contributed by atoms with E-state index in [9.17, 15) is 0 Å². The fourth-order valence-corrected chi connectivity index (χ4v) is 9.23. The van der Waals surface area contributed by atoms with Crippen molar-refractivity contribution in [2.45, 2.75) is 0 Å². The highest BCUT2D eigenvalue weighted by Crippen LogP contribution is 2.45. The Morgan fingerprint density at radius 1 is 0.233 bits per heavy atom. The first-order valence-electron chi connectivity index (χ1n) is 20.7. The van der Waals surface area contributed by atoms with Crippen LogP contribution in [0.4, 0.5) is 0 Å². The minimum absolute atomic E-state index is 1.16. The van der Waals surface area contributed by atoms with Crippen molar-refractivity contribution in [3.63, 3.8) is 0 Å². The number of hydrogen-bond acceptors (Lipinski definition) is 0. The van der Waals surface area contributed by atoms with E-state index in [2.05, 4.69) is 243 Å². The van der Waals surface area contributed by atoms with Gasteiger partial charge < -0.3 is 0 Å². The summed E-state index contributed by atoms with van der Waals surface area (Å²) in [5.41, 5.74) is 14.7. The molecular weight excluding hydrogens is 721 g/mol. The van der Waals surface area contributed by atoms with E-state index in [1.165, 1.54) is 104 Å². The van der Waals surface area contributed by atoms with Crippen LogP contribution in [0.3, 0.4) is 0 Å². The van der Waals surface area contributed by atoms with Gasteiger partial charge in [0.2, 0.25) is 0 Å². The third kappa shape index (κ3) is 6.36. The Labute approximate surface area is 351 Å². The minimum Gasteiger partial charge on any atom is -0.0622 e. The van der Waals surface area contributed by atoms with Crippen LogP contribution < -0.4 is 0 Å². The van der Waals surface area contributed by atoms with Crippen LogP contribution in [0.25, 0.3) is 111 Å². The normalized spacial score (nSPS) is 11.6. The average molecular weight is 761 g/mol. The maximum Gasteiger partial charge on any atom is -0.00259 e. The zero-order valence-electron chi connectivity index (χ0n) is 33.1. The lowest BCUT2D eigenvalue weighted by Gasteiger charge is -2.19. The maximum atomic E-state index is 2.37. The molecule has 0 fully saturated rings. The van der Waals surface area contributed by atoms with Gasteiger partial charge in [-0.2, -0.15) is 0 Å². The van der Waals surface area contributed by atoms with Gasteiger partial charge in [-0.05, 0) is 128 Å². The molecule has 0 heteroatoms. The van der Waals surface area contributed by atoms with Crippen molar-refractivity contribution in [2.75, 3.05) is 0 Å². The predicted octanol–water partition coefficient (Wildman–Crippen LogP) is 16.8. The summed E-state index contributed by atoms with van der Waals surface area (Å²) in [7, 11) is 0. The molecule has 0 heterocycles. The third-order valence-electron chi connectivity index (χ3n) is 12.1. The highest BCUT2D eigenvalue weighted by molar-refractivity contribution is 6.21. The van der Waals surface area contributed by atoms with Crippen LogP contribution in [0.5, 0.6) is 0 Å². The first kappa shape index (κ1) is 35.4. The lowest BCUT2D eigenvalue weighted by atomic mass is 9.84. The Kier molecular flexibility index (Phi) is 8.95. The molecule has 0 aliphatic heterocycles. The molecule has 0 spiro atoms. The summed E-state index contributed by atoms with van der Waals surface area (Å²) < 4.78 is 0. The molecule has 0 amide bonds. The summed E-state index contributed by atoms with van der Waals surface area (Å²) in [5, 5.41) is 10.0. The largest absolute Gasteiger partial charge is 0.0622 e. The molecule has 280 valence electrons. The second-order valence-corrected chi connectivity index (χ2v) is 15.6.